The molecular weight excluding hydrogens is 338 g/mol. The number of phenolic OH excluding ortho intramolecular Hbond substituents is 1. The summed E-state index contributed by atoms with van der Waals surface area (Å²) >= 11 is 0. The second kappa shape index (κ2) is 8.53. The van der Waals surface area contributed by atoms with Crippen molar-refractivity contribution >= 4 is 18.0 Å². The molecule has 0 unspecified atom stereocenters. The Morgan fingerprint density at radius 2 is 2.00 bits per heavy atom. The van der Waals surface area contributed by atoms with E-state index in [1.807, 2.05) is 0 Å². The summed E-state index contributed by atoms with van der Waals surface area (Å²) < 4.78 is 15.0. The lowest BCUT2D eigenvalue weighted by Crippen LogP contribution is -2.26. The molecule has 0 bridgehead atoms. The van der Waals surface area contributed by atoms with E-state index >= 15 is 0 Å². The molecule has 0 fully saturated rings. The molecule has 0 saturated heterocycles. The maximum atomic E-state index is 12.9. The number of nitrogens with zero attached hydrogens (tertiary/aromatic N) is 1. The van der Waals surface area contributed by atoms with Crippen molar-refractivity contribution in [1.29, 1.82) is 0 Å². The van der Waals surface area contributed by atoms with E-state index in [-0.39, 0.29) is 28.6 Å². The minimum atomic E-state index is -0.568. The van der Waals surface area contributed by atoms with E-state index in [1.54, 1.807) is 37.1 Å². The number of esters is 1. The number of amides is 1. The van der Waals surface area contributed by atoms with Crippen molar-refractivity contribution in [2.45, 2.75) is 13.3 Å². The van der Waals surface area contributed by atoms with Crippen molar-refractivity contribution in [3.8, 4) is 11.5 Å². The topological polar surface area (TPSA) is 85.3 Å². The first-order chi connectivity index (χ1) is 12.4. The molecule has 1 aromatic rings. The number of carbonyl (C=O) groups excluding carboxylic acids is 2. The highest BCUT2D eigenvalue weighted by Gasteiger charge is 2.36. The van der Waals surface area contributed by atoms with Gasteiger partial charge in [0.2, 0.25) is 0 Å². The molecule has 1 N–H and O–H groups in total. The molecule has 1 aliphatic rings. The van der Waals surface area contributed by atoms with Crippen molar-refractivity contribution < 1.29 is 28.9 Å². The molecule has 0 radical (unpaired) electrons. The molecular formula is C19H23NO6. The minimum absolute atomic E-state index is 0.00601. The maximum Gasteiger partial charge on any atom is 0.340 e. The molecule has 0 spiro atoms. The second-order valence-corrected chi connectivity index (χ2v) is 5.74. The molecule has 0 aromatic heterocycles. The van der Waals surface area contributed by atoms with Gasteiger partial charge in [-0.1, -0.05) is 6.07 Å². The SMILES string of the molecule is COCCCN1C(=O)C(=Cc2ccc(O)c(OC)c2)C(C(=O)OC)=C1C. The van der Waals surface area contributed by atoms with Gasteiger partial charge in [-0.05, 0) is 37.1 Å². The third-order valence-corrected chi connectivity index (χ3v) is 4.15. The zero-order valence-corrected chi connectivity index (χ0v) is 15.4. The van der Waals surface area contributed by atoms with Crippen LogP contribution in [0.4, 0.5) is 0 Å². The second-order valence-electron chi connectivity index (χ2n) is 5.74. The Bertz CT molecular complexity index is 765. The highest BCUT2D eigenvalue weighted by atomic mass is 16.5. The highest BCUT2D eigenvalue weighted by Crippen LogP contribution is 2.33. The van der Waals surface area contributed by atoms with E-state index in [2.05, 4.69) is 0 Å². The lowest BCUT2D eigenvalue weighted by atomic mass is 10.0. The number of hydrogen-bond donors (Lipinski definition) is 1. The van der Waals surface area contributed by atoms with Gasteiger partial charge >= 0.3 is 5.97 Å². The first-order valence-electron chi connectivity index (χ1n) is 8.13. The molecule has 7 heteroatoms. The van der Waals surface area contributed by atoms with Crippen LogP contribution in [0.25, 0.3) is 6.08 Å². The molecule has 1 aliphatic heterocycles. The first-order valence-corrected chi connectivity index (χ1v) is 8.13. The Morgan fingerprint density at radius 1 is 1.27 bits per heavy atom. The summed E-state index contributed by atoms with van der Waals surface area (Å²) in [5, 5.41) is 9.71. The van der Waals surface area contributed by atoms with Gasteiger partial charge in [-0.25, -0.2) is 4.79 Å². The minimum Gasteiger partial charge on any atom is -0.504 e. The van der Waals surface area contributed by atoms with Crippen molar-refractivity contribution in [3.05, 3.63) is 40.6 Å². The number of ether oxygens (including phenoxy) is 3. The first kappa shape index (κ1) is 19.5. The molecule has 1 amide bonds. The Labute approximate surface area is 152 Å². The van der Waals surface area contributed by atoms with Gasteiger partial charge in [0.05, 0.1) is 25.4 Å². The average molecular weight is 361 g/mol. The van der Waals surface area contributed by atoms with Gasteiger partial charge < -0.3 is 24.2 Å². The van der Waals surface area contributed by atoms with Crippen molar-refractivity contribution in [3.63, 3.8) is 0 Å². The number of rotatable bonds is 7. The summed E-state index contributed by atoms with van der Waals surface area (Å²) in [6.45, 7) is 2.67. The van der Waals surface area contributed by atoms with E-state index in [9.17, 15) is 14.7 Å². The van der Waals surface area contributed by atoms with Crippen LogP contribution in [0, 0.1) is 0 Å². The Hall–Kier alpha value is -2.80. The molecule has 0 saturated carbocycles. The van der Waals surface area contributed by atoms with Crippen LogP contribution >= 0.6 is 0 Å². The third-order valence-electron chi connectivity index (χ3n) is 4.15. The van der Waals surface area contributed by atoms with Crippen LogP contribution in [0.15, 0.2) is 35.0 Å². The Morgan fingerprint density at radius 3 is 2.62 bits per heavy atom. The number of aromatic hydroxyl groups is 1. The molecule has 0 atom stereocenters. The van der Waals surface area contributed by atoms with Crippen LogP contribution in [0.1, 0.15) is 18.9 Å². The van der Waals surface area contributed by atoms with E-state index in [0.717, 1.165) is 0 Å². The van der Waals surface area contributed by atoms with Crippen LogP contribution in [0.3, 0.4) is 0 Å². The van der Waals surface area contributed by atoms with Crippen LogP contribution in [-0.4, -0.2) is 56.4 Å². The zero-order chi connectivity index (χ0) is 19.3. The normalized spacial score (nSPS) is 15.8. The zero-order valence-electron chi connectivity index (χ0n) is 15.4. The van der Waals surface area contributed by atoms with Crippen molar-refractivity contribution in [1.82, 2.24) is 4.90 Å². The summed E-state index contributed by atoms with van der Waals surface area (Å²) in [6.07, 6.45) is 2.24. The standard InChI is InChI=1S/C19H23NO6/c1-12-17(19(23)26-4)14(18(22)20(12)8-5-9-24-2)10-13-6-7-15(21)16(11-13)25-3/h6-7,10-11,21H,5,8-9H2,1-4H3. The predicted octanol–water partition coefficient (Wildman–Crippen LogP) is 2.11. The summed E-state index contributed by atoms with van der Waals surface area (Å²) in [7, 11) is 4.31. The predicted molar refractivity (Wildman–Crippen MR) is 95.6 cm³/mol. The van der Waals surface area contributed by atoms with Gasteiger partial charge in [-0.2, -0.15) is 0 Å². The van der Waals surface area contributed by atoms with Gasteiger partial charge in [-0.3, -0.25) is 4.79 Å². The van der Waals surface area contributed by atoms with Crippen molar-refractivity contribution in [2.24, 2.45) is 0 Å². The summed E-state index contributed by atoms with van der Waals surface area (Å²) in [4.78, 5) is 26.6. The van der Waals surface area contributed by atoms with Gasteiger partial charge in [0.25, 0.3) is 5.91 Å². The van der Waals surface area contributed by atoms with Crippen LogP contribution in [0.5, 0.6) is 11.5 Å². The number of hydrogen-bond acceptors (Lipinski definition) is 6. The molecule has 1 heterocycles. The molecule has 1 aromatic carbocycles. The summed E-state index contributed by atoms with van der Waals surface area (Å²) in [5.74, 6) is -0.566. The fourth-order valence-corrected chi connectivity index (χ4v) is 2.82. The van der Waals surface area contributed by atoms with E-state index < -0.39 is 5.97 Å². The lowest BCUT2D eigenvalue weighted by molar-refractivity contribution is -0.136. The van der Waals surface area contributed by atoms with E-state index in [1.165, 1.54) is 20.3 Å². The number of methoxy groups -OCH3 is 3. The average Bonchev–Trinajstić information content (AvgIpc) is 2.87. The van der Waals surface area contributed by atoms with Gasteiger partial charge in [0.1, 0.15) is 0 Å². The smallest absolute Gasteiger partial charge is 0.340 e. The number of carbonyl (C=O) groups is 2. The van der Waals surface area contributed by atoms with Crippen LogP contribution < -0.4 is 4.74 Å². The number of benzene rings is 1. The lowest BCUT2D eigenvalue weighted by Gasteiger charge is -2.17. The molecule has 26 heavy (non-hydrogen) atoms. The Kier molecular flexibility index (Phi) is 6.41. The van der Waals surface area contributed by atoms with Crippen LogP contribution in [-0.2, 0) is 19.1 Å². The fraction of sp³-hybridized carbons (Fsp3) is 0.368. The van der Waals surface area contributed by atoms with Gasteiger partial charge in [-0.15, -0.1) is 0 Å². The van der Waals surface area contributed by atoms with Gasteiger partial charge in [0.15, 0.2) is 11.5 Å². The molecule has 2 rings (SSSR count). The largest absolute Gasteiger partial charge is 0.504 e. The maximum absolute atomic E-state index is 12.9. The van der Waals surface area contributed by atoms with Crippen molar-refractivity contribution in [2.75, 3.05) is 34.5 Å². The number of phenols is 1. The summed E-state index contributed by atoms with van der Waals surface area (Å²) in [5.41, 5.74) is 1.66. The molecule has 140 valence electrons. The van der Waals surface area contributed by atoms with E-state index in [0.29, 0.717) is 30.8 Å². The number of allylic oxidation sites excluding steroid dienone is 1. The third kappa shape index (κ3) is 3.88. The van der Waals surface area contributed by atoms with Gasteiger partial charge in [0, 0.05) is 26.0 Å². The van der Waals surface area contributed by atoms with Crippen LogP contribution in [0.2, 0.25) is 0 Å². The monoisotopic (exact) mass is 361 g/mol. The molecule has 7 nitrogen and oxygen atoms in total. The Balaban J connectivity index is 2.44. The highest BCUT2D eigenvalue weighted by molar-refractivity contribution is 6.16. The van der Waals surface area contributed by atoms with E-state index in [4.69, 9.17) is 14.2 Å². The fourth-order valence-electron chi connectivity index (χ4n) is 2.82. The summed E-state index contributed by atoms with van der Waals surface area (Å²) in [6, 6.07) is 4.69. The molecule has 0 aliphatic carbocycles. The quantitative estimate of drug-likeness (QED) is 0.455.